The number of rotatable bonds is 6. The first-order chi connectivity index (χ1) is 8.41. The van der Waals surface area contributed by atoms with Crippen molar-refractivity contribution in [3.8, 4) is 0 Å². The summed E-state index contributed by atoms with van der Waals surface area (Å²) in [5.41, 5.74) is -0.0831. The third-order valence-electron chi connectivity index (χ3n) is 2.78. The standard InChI is InChI=1S/C13H19FN2O2/c1-10(2)7-8-15(3)9-11-5-4-6-12(13(11)14)16(17)18/h4-6,10H,7-9H2,1-3H3. The van der Waals surface area contributed by atoms with Gasteiger partial charge in [-0.15, -0.1) is 0 Å². The van der Waals surface area contributed by atoms with Gasteiger partial charge in [0.05, 0.1) is 4.92 Å². The lowest BCUT2D eigenvalue weighted by Gasteiger charge is -2.18. The number of nitro groups is 1. The number of hydrogen-bond donors (Lipinski definition) is 0. The highest BCUT2D eigenvalue weighted by molar-refractivity contribution is 5.36. The van der Waals surface area contributed by atoms with Crippen LogP contribution in [-0.4, -0.2) is 23.4 Å². The zero-order chi connectivity index (χ0) is 13.7. The van der Waals surface area contributed by atoms with E-state index in [9.17, 15) is 14.5 Å². The van der Waals surface area contributed by atoms with Crippen molar-refractivity contribution in [3.05, 3.63) is 39.7 Å². The highest BCUT2D eigenvalue weighted by Crippen LogP contribution is 2.21. The fourth-order valence-electron chi connectivity index (χ4n) is 1.68. The Kier molecular flexibility index (Phi) is 5.22. The number of nitro benzene ring substituents is 1. The highest BCUT2D eigenvalue weighted by atomic mass is 19.1. The summed E-state index contributed by atoms with van der Waals surface area (Å²) in [4.78, 5) is 11.9. The first-order valence-electron chi connectivity index (χ1n) is 6.02. The van der Waals surface area contributed by atoms with Crippen LogP contribution in [0.5, 0.6) is 0 Å². The van der Waals surface area contributed by atoms with Crippen LogP contribution in [0.15, 0.2) is 18.2 Å². The molecule has 0 aliphatic carbocycles. The normalized spacial score (nSPS) is 11.2. The molecule has 0 aliphatic rings. The van der Waals surface area contributed by atoms with E-state index in [0.29, 0.717) is 18.0 Å². The van der Waals surface area contributed by atoms with Crippen molar-refractivity contribution >= 4 is 5.69 Å². The molecule has 0 bridgehead atoms. The average Bonchev–Trinajstić information content (AvgIpc) is 2.29. The smallest absolute Gasteiger partial charge is 0.302 e. The van der Waals surface area contributed by atoms with Gasteiger partial charge in [0.25, 0.3) is 0 Å². The van der Waals surface area contributed by atoms with E-state index in [1.807, 2.05) is 11.9 Å². The van der Waals surface area contributed by atoms with Gasteiger partial charge in [0.15, 0.2) is 0 Å². The average molecular weight is 254 g/mol. The predicted molar refractivity (Wildman–Crippen MR) is 68.8 cm³/mol. The molecule has 0 radical (unpaired) electrons. The van der Waals surface area contributed by atoms with Gasteiger partial charge in [0.1, 0.15) is 0 Å². The third-order valence-corrected chi connectivity index (χ3v) is 2.78. The Hall–Kier alpha value is -1.49. The molecule has 1 aromatic carbocycles. The zero-order valence-electron chi connectivity index (χ0n) is 11.0. The second kappa shape index (κ2) is 6.44. The van der Waals surface area contributed by atoms with Gasteiger partial charge >= 0.3 is 5.69 Å². The van der Waals surface area contributed by atoms with Gasteiger partial charge < -0.3 is 4.90 Å². The quantitative estimate of drug-likeness (QED) is 0.578. The maximum Gasteiger partial charge on any atom is 0.305 e. The lowest BCUT2D eigenvalue weighted by molar-refractivity contribution is -0.387. The van der Waals surface area contributed by atoms with Gasteiger partial charge in [-0.2, -0.15) is 4.39 Å². The first kappa shape index (κ1) is 14.6. The molecule has 100 valence electrons. The lowest BCUT2D eigenvalue weighted by Crippen LogP contribution is -2.21. The summed E-state index contributed by atoms with van der Waals surface area (Å²) in [6.45, 7) is 5.49. The third kappa shape index (κ3) is 4.07. The predicted octanol–water partition coefficient (Wildman–Crippen LogP) is 3.21. The van der Waals surface area contributed by atoms with Crippen molar-refractivity contribution in [3.63, 3.8) is 0 Å². The Bertz CT molecular complexity index is 421. The summed E-state index contributed by atoms with van der Waals surface area (Å²) >= 11 is 0. The second-order valence-electron chi connectivity index (χ2n) is 4.93. The van der Waals surface area contributed by atoms with Gasteiger partial charge in [0, 0.05) is 18.2 Å². The molecule has 1 aromatic rings. The van der Waals surface area contributed by atoms with Crippen LogP contribution in [-0.2, 0) is 6.54 Å². The Balaban J connectivity index is 2.73. The number of hydrogen-bond acceptors (Lipinski definition) is 3. The number of benzene rings is 1. The Morgan fingerprint density at radius 2 is 2.11 bits per heavy atom. The van der Waals surface area contributed by atoms with Crippen molar-refractivity contribution in [2.45, 2.75) is 26.8 Å². The van der Waals surface area contributed by atoms with Crippen LogP contribution in [0.2, 0.25) is 0 Å². The molecular weight excluding hydrogens is 235 g/mol. The molecule has 0 atom stereocenters. The molecule has 0 spiro atoms. The number of halogens is 1. The van der Waals surface area contributed by atoms with Crippen molar-refractivity contribution < 1.29 is 9.31 Å². The fraction of sp³-hybridized carbons (Fsp3) is 0.538. The molecule has 0 heterocycles. The zero-order valence-corrected chi connectivity index (χ0v) is 11.0. The van der Waals surface area contributed by atoms with Crippen LogP contribution >= 0.6 is 0 Å². The molecule has 1 rings (SSSR count). The first-order valence-corrected chi connectivity index (χ1v) is 6.02. The molecule has 0 aliphatic heterocycles. The summed E-state index contributed by atoms with van der Waals surface area (Å²) in [6, 6.07) is 4.30. The van der Waals surface area contributed by atoms with Crippen LogP contribution in [0.4, 0.5) is 10.1 Å². The van der Waals surface area contributed by atoms with Crippen LogP contribution in [0, 0.1) is 21.8 Å². The molecule has 0 saturated carbocycles. The molecule has 4 nitrogen and oxygen atoms in total. The van der Waals surface area contributed by atoms with Crippen LogP contribution < -0.4 is 0 Å². The summed E-state index contributed by atoms with van der Waals surface area (Å²) in [5.74, 6) is -0.138. The molecule has 0 saturated heterocycles. The van der Waals surface area contributed by atoms with Gasteiger partial charge in [0.2, 0.25) is 5.82 Å². The molecule has 0 N–H and O–H groups in total. The van der Waals surface area contributed by atoms with Crippen molar-refractivity contribution in [2.75, 3.05) is 13.6 Å². The summed E-state index contributed by atoms with van der Waals surface area (Å²) < 4.78 is 13.8. The van der Waals surface area contributed by atoms with E-state index in [0.717, 1.165) is 13.0 Å². The summed E-state index contributed by atoms with van der Waals surface area (Å²) in [6.07, 6.45) is 1.02. The van der Waals surface area contributed by atoms with Gasteiger partial charge in [-0.25, -0.2) is 0 Å². The minimum absolute atomic E-state index is 0.371. The largest absolute Gasteiger partial charge is 0.305 e. The van der Waals surface area contributed by atoms with E-state index in [1.165, 1.54) is 12.1 Å². The van der Waals surface area contributed by atoms with E-state index in [1.54, 1.807) is 6.07 Å². The molecule has 0 fully saturated rings. The molecule has 0 amide bonds. The lowest BCUT2D eigenvalue weighted by atomic mass is 10.1. The fourth-order valence-corrected chi connectivity index (χ4v) is 1.68. The summed E-state index contributed by atoms with van der Waals surface area (Å²) in [5, 5.41) is 10.6. The molecular formula is C13H19FN2O2. The molecule has 18 heavy (non-hydrogen) atoms. The summed E-state index contributed by atoms with van der Waals surface area (Å²) in [7, 11) is 1.89. The van der Waals surface area contributed by atoms with Crippen molar-refractivity contribution in [2.24, 2.45) is 5.92 Å². The maximum atomic E-state index is 13.8. The van der Waals surface area contributed by atoms with E-state index in [4.69, 9.17) is 0 Å². The van der Waals surface area contributed by atoms with E-state index < -0.39 is 16.4 Å². The Labute approximate surface area is 107 Å². The minimum atomic E-state index is -0.723. The highest BCUT2D eigenvalue weighted by Gasteiger charge is 2.17. The van der Waals surface area contributed by atoms with Crippen LogP contribution in [0.1, 0.15) is 25.8 Å². The van der Waals surface area contributed by atoms with Crippen LogP contribution in [0.3, 0.4) is 0 Å². The second-order valence-corrected chi connectivity index (χ2v) is 4.93. The van der Waals surface area contributed by atoms with E-state index in [-0.39, 0.29) is 0 Å². The van der Waals surface area contributed by atoms with Gasteiger partial charge in [-0.05, 0) is 25.9 Å². The Morgan fingerprint density at radius 1 is 1.44 bits per heavy atom. The van der Waals surface area contributed by atoms with Crippen molar-refractivity contribution in [1.82, 2.24) is 4.90 Å². The van der Waals surface area contributed by atoms with Gasteiger partial charge in [-0.1, -0.05) is 26.0 Å². The number of nitrogens with zero attached hydrogens (tertiary/aromatic N) is 2. The van der Waals surface area contributed by atoms with Gasteiger partial charge in [-0.3, -0.25) is 10.1 Å². The minimum Gasteiger partial charge on any atom is -0.302 e. The monoisotopic (exact) mass is 254 g/mol. The molecule has 0 aromatic heterocycles. The molecule has 0 unspecified atom stereocenters. The van der Waals surface area contributed by atoms with E-state index in [2.05, 4.69) is 13.8 Å². The topological polar surface area (TPSA) is 46.4 Å². The van der Waals surface area contributed by atoms with Crippen molar-refractivity contribution in [1.29, 1.82) is 0 Å². The SMILES string of the molecule is CC(C)CCN(C)Cc1cccc([N+](=O)[O-])c1F. The Morgan fingerprint density at radius 3 is 2.67 bits per heavy atom. The molecule has 5 heteroatoms. The maximum absolute atomic E-state index is 13.8. The van der Waals surface area contributed by atoms with E-state index >= 15 is 0 Å². The van der Waals surface area contributed by atoms with Crippen LogP contribution in [0.25, 0.3) is 0 Å².